The zero-order chi connectivity index (χ0) is 16.7. The average molecular weight is 361 g/mol. The minimum absolute atomic E-state index is 0. The van der Waals surface area contributed by atoms with Crippen molar-refractivity contribution >= 4 is 12.4 Å². The van der Waals surface area contributed by atoms with Crippen LogP contribution in [0.25, 0.3) is 0 Å². The van der Waals surface area contributed by atoms with Crippen molar-refractivity contribution in [2.45, 2.75) is 38.6 Å². The summed E-state index contributed by atoms with van der Waals surface area (Å²) in [5, 5.41) is 3.36. The largest absolute Gasteiger partial charge is 0.493 e. The Kier molecular flexibility index (Phi) is 9.41. The van der Waals surface area contributed by atoms with Gasteiger partial charge >= 0.3 is 0 Å². The lowest BCUT2D eigenvalue weighted by Gasteiger charge is -2.35. The maximum atomic E-state index is 14.7. The molecular weight excluding hydrogens is 331 g/mol. The lowest BCUT2D eigenvalue weighted by atomic mass is 9.97. The topological polar surface area (TPSA) is 33.7 Å². The highest BCUT2D eigenvalue weighted by molar-refractivity contribution is 5.85. The summed E-state index contributed by atoms with van der Waals surface area (Å²) >= 11 is 0. The molecule has 0 aromatic heterocycles. The molecule has 0 bridgehead atoms. The van der Waals surface area contributed by atoms with E-state index in [2.05, 4.69) is 17.1 Å². The summed E-state index contributed by atoms with van der Waals surface area (Å²) in [6, 6.07) is 3.36. The van der Waals surface area contributed by atoms with E-state index in [0.29, 0.717) is 11.5 Å². The number of unbranched alkanes of at least 4 members (excludes halogenated alkanes) is 2. The first-order chi connectivity index (χ1) is 11.2. The van der Waals surface area contributed by atoms with Crippen molar-refractivity contribution in [3.05, 3.63) is 23.5 Å². The Morgan fingerprint density at radius 1 is 1.12 bits per heavy atom. The number of halogens is 2. The van der Waals surface area contributed by atoms with Crippen molar-refractivity contribution in [1.82, 2.24) is 10.2 Å². The molecule has 0 spiro atoms. The van der Waals surface area contributed by atoms with E-state index in [1.807, 2.05) is 6.07 Å². The molecule has 0 radical (unpaired) electrons. The van der Waals surface area contributed by atoms with Gasteiger partial charge in [0.25, 0.3) is 0 Å². The van der Waals surface area contributed by atoms with Crippen LogP contribution in [0.1, 0.15) is 44.2 Å². The lowest BCUT2D eigenvalue weighted by Crippen LogP contribution is -2.45. The SMILES string of the molecule is CCCCC[C@@H](c1cc(OC)c(OC)cc1F)N1CCNCC1.Cl. The Morgan fingerprint density at radius 3 is 2.33 bits per heavy atom. The maximum Gasteiger partial charge on any atom is 0.163 e. The van der Waals surface area contributed by atoms with Gasteiger partial charge in [-0.05, 0) is 12.5 Å². The van der Waals surface area contributed by atoms with Crippen LogP contribution in [-0.2, 0) is 0 Å². The van der Waals surface area contributed by atoms with E-state index in [1.54, 1.807) is 7.11 Å². The molecule has 0 amide bonds. The molecule has 1 fully saturated rings. The summed E-state index contributed by atoms with van der Waals surface area (Å²) in [5.41, 5.74) is 0.723. The normalized spacial score (nSPS) is 16.3. The van der Waals surface area contributed by atoms with Crippen LogP contribution in [0.2, 0.25) is 0 Å². The fraction of sp³-hybridized carbons (Fsp3) is 0.667. The summed E-state index contributed by atoms with van der Waals surface area (Å²) in [6.45, 7) is 6.00. The van der Waals surface area contributed by atoms with Gasteiger partial charge in [-0.25, -0.2) is 4.39 Å². The number of methoxy groups -OCH3 is 2. The van der Waals surface area contributed by atoms with Gasteiger partial charge in [-0.15, -0.1) is 12.4 Å². The van der Waals surface area contributed by atoms with Crippen LogP contribution in [0.4, 0.5) is 4.39 Å². The van der Waals surface area contributed by atoms with E-state index in [9.17, 15) is 4.39 Å². The van der Waals surface area contributed by atoms with Crippen molar-refractivity contribution < 1.29 is 13.9 Å². The molecule has 24 heavy (non-hydrogen) atoms. The van der Waals surface area contributed by atoms with Gasteiger partial charge in [-0.2, -0.15) is 0 Å². The first-order valence-electron chi connectivity index (χ1n) is 8.57. The number of hydrogen-bond acceptors (Lipinski definition) is 4. The Bertz CT molecular complexity index is 496. The van der Waals surface area contributed by atoms with Crippen LogP contribution in [0, 0.1) is 5.82 Å². The predicted molar refractivity (Wildman–Crippen MR) is 98.1 cm³/mol. The third-order valence-electron chi connectivity index (χ3n) is 4.54. The van der Waals surface area contributed by atoms with Crippen LogP contribution < -0.4 is 14.8 Å². The third kappa shape index (κ3) is 5.23. The van der Waals surface area contributed by atoms with Crippen molar-refractivity contribution in [3.8, 4) is 11.5 Å². The van der Waals surface area contributed by atoms with Crippen molar-refractivity contribution in [2.75, 3.05) is 40.4 Å². The van der Waals surface area contributed by atoms with Gasteiger partial charge < -0.3 is 14.8 Å². The minimum atomic E-state index is -0.206. The van der Waals surface area contributed by atoms with Crippen LogP contribution in [0.5, 0.6) is 11.5 Å². The highest BCUT2D eigenvalue weighted by atomic mass is 35.5. The Hall–Kier alpha value is -1.04. The minimum Gasteiger partial charge on any atom is -0.493 e. The maximum absolute atomic E-state index is 14.7. The molecule has 0 unspecified atom stereocenters. The Labute approximate surface area is 151 Å². The summed E-state index contributed by atoms with van der Waals surface area (Å²) in [5.74, 6) is 0.837. The second-order valence-corrected chi connectivity index (χ2v) is 6.03. The summed E-state index contributed by atoms with van der Waals surface area (Å²) < 4.78 is 25.3. The van der Waals surface area contributed by atoms with Crippen LogP contribution in [-0.4, -0.2) is 45.3 Å². The first kappa shape index (κ1) is 21.0. The van der Waals surface area contributed by atoms with Gasteiger partial charge in [-0.1, -0.05) is 26.2 Å². The van der Waals surface area contributed by atoms with Gasteiger partial charge in [0.05, 0.1) is 14.2 Å². The number of nitrogens with zero attached hydrogens (tertiary/aromatic N) is 1. The fourth-order valence-corrected chi connectivity index (χ4v) is 3.24. The molecule has 0 saturated carbocycles. The quantitative estimate of drug-likeness (QED) is 0.715. The molecule has 1 aliphatic heterocycles. The first-order valence-corrected chi connectivity index (χ1v) is 8.57. The fourth-order valence-electron chi connectivity index (χ4n) is 3.24. The van der Waals surface area contributed by atoms with Crippen molar-refractivity contribution in [3.63, 3.8) is 0 Å². The Balaban J connectivity index is 0.00000288. The molecule has 1 saturated heterocycles. The molecule has 1 heterocycles. The molecule has 2 rings (SSSR count). The molecule has 1 aliphatic rings. The van der Waals surface area contributed by atoms with Gasteiger partial charge in [0.1, 0.15) is 5.82 Å². The zero-order valence-electron chi connectivity index (χ0n) is 14.9. The molecule has 1 N–H and O–H groups in total. The average Bonchev–Trinajstić information content (AvgIpc) is 2.60. The number of benzene rings is 1. The standard InChI is InChI=1S/C18H29FN2O2.ClH/c1-4-5-6-7-16(21-10-8-20-9-11-21)14-12-17(22-2)18(23-3)13-15(14)19;/h12-13,16,20H,4-11H2,1-3H3;1H/t16-;/m0./s1. The smallest absolute Gasteiger partial charge is 0.163 e. The number of piperazine rings is 1. The second kappa shape index (κ2) is 10.7. The molecule has 6 heteroatoms. The monoisotopic (exact) mass is 360 g/mol. The van der Waals surface area contributed by atoms with Crippen molar-refractivity contribution in [1.29, 1.82) is 0 Å². The third-order valence-corrected chi connectivity index (χ3v) is 4.54. The second-order valence-electron chi connectivity index (χ2n) is 6.03. The molecule has 1 aromatic carbocycles. The summed E-state index contributed by atoms with van der Waals surface area (Å²) in [4.78, 5) is 2.39. The Morgan fingerprint density at radius 2 is 1.75 bits per heavy atom. The van der Waals surface area contributed by atoms with E-state index >= 15 is 0 Å². The van der Waals surface area contributed by atoms with E-state index in [-0.39, 0.29) is 24.3 Å². The van der Waals surface area contributed by atoms with Gasteiger partial charge in [0, 0.05) is 43.9 Å². The van der Waals surface area contributed by atoms with Crippen molar-refractivity contribution in [2.24, 2.45) is 0 Å². The number of ether oxygens (including phenoxy) is 2. The van der Waals surface area contributed by atoms with Crippen LogP contribution in [0.3, 0.4) is 0 Å². The summed E-state index contributed by atoms with van der Waals surface area (Å²) in [6.07, 6.45) is 4.43. The molecule has 4 nitrogen and oxygen atoms in total. The highest BCUT2D eigenvalue weighted by Crippen LogP contribution is 2.36. The van der Waals surface area contributed by atoms with E-state index in [0.717, 1.165) is 44.6 Å². The van der Waals surface area contributed by atoms with Crippen LogP contribution in [0.15, 0.2) is 12.1 Å². The van der Waals surface area contributed by atoms with Gasteiger partial charge in [0.15, 0.2) is 11.5 Å². The van der Waals surface area contributed by atoms with Crippen LogP contribution >= 0.6 is 12.4 Å². The lowest BCUT2D eigenvalue weighted by molar-refractivity contribution is 0.159. The zero-order valence-corrected chi connectivity index (χ0v) is 15.8. The molecule has 0 aliphatic carbocycles. The highest BCUT2D eigenvalue weighted by Gasteiger charge is 2.26. The molecule has 138 valence electrons. The number of hydrogen-bond donors (Lipinski definition) is 1. The predicted octanol–water partition coefficient (Wildman–Crippen LogP) is 3.79. The van der Waals surface area contributed by atoms with Gasteiger partial charge in [-0.3, -0.25) is 4.90 Å². The summed E-state index contributed by atoms with van der Waals surface area (Å²) in [7, 11) is 3.13. The number of nitrogens with one attached hydrogen (secondary N) is 1. The number of rotatable bonds is 8. The van der Waals surface area contributed by atoms with E-state index in [4.69, 9.17) is 9.47 Å². The molecule has 1 atom stereocenters. The molecular formula is C18H30ClFN2O2. The van der Waals surface area contributed by atoms with E-state index in [1.165, 1.54) is 26.0 Å². The van der Waals surface area contributed by atoms with Gasteiger partial charge in [0.2, 0.25) is 0 Å². The van der Waals surface area contributed by atoms with E-state index < -0.39 is 0 Å². The molecule has 1 aromatic rings.